The van der Waals surface area contributed by atoms with E-state index >= 15 is 0 Å². The van der Waals surface area contributed by atoms with Crippen molar-refractivity contribution in [1.29, 1.82) is 0 Å². The van der Waals surface area contributed by atoms with Crippen molar-refractivity contribution >= 4 is 5.91 Å². The van der Waals surface area contributed by atoms with Crippen LogP contribution in [0.25, 0.3) is 0 Å². The summed E-state index contributed by atoms with van der Waals surface area (Å²) in [4.78, 5) is 12.6. The summed E-state index contributed by atoms with van der Waals surface area (Å²) in [5.41, 5.74) is 0. The van der Waals surface area contributed by atoms with E-state index in [1.807, 2.05) is 6.08 Å². The number of nitrogens with one attached hydrogen (secondary N) is 1. The molecule has 0 saturated carbocycles. The van der Waals surface area contributed by atoms with Crippen molar-refractivity contribution in [2.24, 2.45) is 0 Å². The third-order valence-electron chi connectivity index (χ3n) is 17.3. The molecule has 0 aromatic carbocycles. The molecule has 0 fully saturated rings. The molecule has 2 unspecified atom stereocenters. The van der Waals surface area contributed by atoms with Gasteiger partial charge in [0, 0.05) is 6.42 Å². The topological polar surface area (TPSA) is 69.6 Å². The molecule has 0 aliphatic rings. The minimum atomic E-state index is -0.841. The summed E-state index contributed by atoms with van der Waals surface area (Å²) in [5.74, 6) is -0.0562. The summed E-state index contributed by atoms with van der Waals surface area (Å²) in [6.07, 6.45) is 101. The van der Waals surface area contributed by atoms with E-state index in [1.54, 1.807) is 6.08 Å². The number of carbonyl (C=O) groups excluding carboxylic acids is 1. The first-order valence-electron chi connectivity index (χ1n) is 36.9. The second-order valence-corrected chi connectivity index (χ2v) is 25.4. The van der Waals surface area contributed by atoms with Crippen molar-refractivity contribution < 1.29 is 15.0 Å². The number of carbonyl (C=O) groups is 1. The third kappa shape index (κ3) is 67.1. The Labute approximate surface area is 503 Å². The maximum Gasteiger partial charge on any atom is 0.220 e. The van der Waals surface area contributed by atoms with Gasteiger partial charge in [-0.2, -0.15) is 0 Å². The van der Waals surface area contributed by atoms with Crippen LogP contribution < -0.4 is 5.32 Å². The van der Waals surface area contributed by atoms with Crippen LogP contribution in [0.15, 0.2) is 48.6 Å². The number of unbranched alkanes of at least 4 members (excludes halogenated alkanes) is 56. The Morgan fingerprint density at radius 2 is 0.512 bits per heavy atom. The molecule has 2 atom stereocenters. The molecule has 4 nitrogen and oxygen atoms in total. The maximum absolute atomic E-state index is 12.6. The SMILES string of the molecule is CCCCCCC/C=C\C/C=C\C/C=C\CCCCCCCCCCCCCCCCCCCCCCC(=O)NC(CO)C(O)/C=C/CCCCCCCCCCCCCCCCCCCCCCCCCCCCCCCCC. The van der Waals surface area contributed by atoms with Crippen LogP contribution in [-0.2, 0) is 4.79 Å². The van der Waals surface area contributed by atoms with Crippen LogP contribution >= 0.6 is 0 Å². The van der Waals surface area contributed by atoms with E-state index in [9.17, 15) is 15.0 Å². The molecule has 0 rings (SSSR count). The monoisotopic (exact) mass is 1120 g/mol. The average Bonchev–Trinajstić information content (AvgIpc) is 3.46. The molecule has 0 aliphatic heterocycles. The molecule has 0 aliphatic carbocycles. The average molecular weight is 1120 g/mol. The standard InChI is InChI=1S/C76H145NO3/c1-3-5-7-9-11-13-15-17-19-21-23-25-27-29-31-33-35-37-38-40-42-44-46-48-50-52-54-56-58-60-62-64-66-68-70-72-76(80)77-74(73-78)75(79)71-69-67-65-63-61-59-57-55-53-51-49-47-45-43-41-39-36-34-32-30-28-26-24-22-20-18-16-14-12-10-8-6-4-2/h15,17,21,23,27,29,69,71,74-75,78-79H,3-14,16,18-20,22,24-26,28,30-68,70,72-73H2,1-2H3,(H,77,80)/b17-15-,23-21-,29-27-,71-69+. The molecule has 0 aromatic rings. The van der Waals surface area contributed by atoms with E-state index in [4.69, 9.17) is 0 Å². The van der Waals surface area contributed by atoms with E-state index in [1.165, 1.54) is 353 Å². The Kier molecular flexibility index (Phi) is 70.1. The minimum Gasteiger partial charge on any atom is -0.394 e. The number of allylic oxidation sites excluding steroid dienone is 7. The Morgan fingerprint density at radius 1 is 0.300 bits per heavy atom. The summed E-state index contributed by atoms with van der Waals surface area (Å²) in [7, 11) is 0. The fraction of sp³-hybridized carbons (Fsp3) is 0.882. The summed E-state index contributed by atoms with van der Waals surface area (Å²) in [5, 5.41) is 23.3. The quantitative estimate of drug-likeness (QED) is 0.0420. The molecule has 472 valence electrons. The van der Waals surface area contributed by atoms with Gasteiger partial charge in [0.1, 0.15) is 0 Å². The summed E-state index contributed by atoms with van der Waals surface area (Å²) in [6, 6.07) is -0.624. The fourth-order valence-corrected chi connectivity index (χ4v) is 11.7. The van der Waals surface area contributed by atoms with Gasteiger partial charge in [-0.3, -0.25) is 4.79 Å². The summed E-state index contributed by atoms with van der Waals surface area (Å²) < 4.78 is 0. The predicted molar refractivity (Wildman–Crippen MR) is 359 cm³/mol. The number of aliphatic hydroxyl groups is 2. The second-order valence-electron chi connectivity index (χ2n) is 25.4. The lowest BCUT2D eigenvalue weighted by Gasteiger charge is -2.20. The van der Waals surface area contributed by atoms with Gasteiger partial charge < -0.3 is 15.5 Å². The van der Waals surface area contributed by atoms with E-state index in [0.29, 0.717) is 6.42 Å². The van der Waals surface area contributed by atoms with Gasteiger partial charge in [-0.15, -0.1) is 0 Å². The van der Waals surface area contributed by atoms with Gasteiger partial charge >= 0.3 is 0 Å². The first kappa shape index (κ1) is 78.4. The van der Waals surface area contributed by atoms with E-state index in [2.05, 4.69) is 55.6 Å². The Morgan fingerprint density at radius 3 is 0.762 bits per heavy atom. The van der Waals surface area contributed by atoms with Crippen LogP contribution in [0.1, 0.15) is 412 Å². The molecule has 80 heavy (non-hydrogen) atoms. The zero-order chi connectivity index (χ0) is 57.6. The van der Waals surface area contributed by atoms with E-state index in [-0.39, 0.29) is 12.5 Å². The highest BCUT2D eigenvalue weighted by Gasteiger charge is 2.18. The highest BCUT2D eigenvalue weighted by molar-refractivity contribution is 5.76. The van der Waals surface area contributed by atoms with Crippen molar-refractivity contribution in [2.45, 2.75) is 424 Å². The smallest absolute Gasteiger partial charge is 0.220 e. The predicted octanol–water partition coefficient (Wildman–Crippen LogP) is 25.3. The lowest BCUT2D eigenvalue weighted by atomic mass is 10.0. The largest absolute Gasteiger partial charge is 0.394 e. The molecule has 0 radical (unpaired) electrons. The first-order valence-corrected chi connectivity index (χ1v) is 36.9. The van der Waals surface area contributed by atoms with Gasteiger partial charge in [-0.25, -0.2) is 0 Å². The summed E-state index contributed by atoms with van der Waals surface area (Å²) >= 11 is 0. The zero-order valence-corrected chi connectivity index (χ0v) is 54.6. The highest BCUT2D eigenvalue weighted by atomic mass is 16.3. The van der Waals surface area contributed by atoms with Crippen LogP contribution in [-0.4, -0.2) is 34.9 Å². The Hall–Kier alpha value is -1.65. The van der Waals surface area contributed by atoms with Gasteiger partial charge in [0.25, 0.3) is 0 Å². The molecule has 0 bridgehead atoms. The van der Waals surface area contributed by atoms with Crippen molar-refractivity contribution in [1.82, 2.24) is 5.32 Å². The normalized spacial score (nSPS) is 12.9. The second kappa shape index (κ2) is 71.6. The van der Waals surface area contributed by atoms with E-state index < -0.39 is 12.1 Å². The molecule has 4 heteroatoms. The van der Waals surface area contributed by atoms with Crippen LogP contribution in [0.2, 0.25) is 0 Å². The number of rotatable bonds is 69. The molecule has 0 heterocycles. The minimum absolute atomic E-state index is 0.0562. The molecule has 1 amide bonds. The molecule has 0 saturated heterocycles. The van der Waals surface area contributed by atoms with Crippen molar-refractivity contribution in [3.8, 4) is 0 Å². The van der Waals surface area contributed by atoms with Crippen molar-refractivity contribution in [3.63, 3.8) is 0 Å². The fourth-order valence-electron chi connectivity index (χ4n) is 11.7. The van der Waals surface area contributed by atoms with Gasteiger partial charge in [0.05, 0.1) is 18.8 Å². The van der Waals surface area contributed by atoms with E-state index in [0.717, 1.165) is 38.5 Å². The maximum atomic E-state index is 12.6. The molecule has 0 aromatic heterocycles. The lowest BCUT2D eigenvalue weighted by molar-refractivity contribution is -0.123. The molecule has 3 N–H and O–H groups in total. The highest BCUT2D eigenvalue weighted by Crippen LogP contribution is 2.19. The lowest BCUT2D eigenvalue weighted by Crippen LogP contribution is -2.45. The number of hydrogen-bond donors (Lipinski definition) is 3. The third-order valence-corrected chi connectivity index (χ3v) is 17.3. The first-order chi connectivity index (χ1) is 39.7. The molecule has 0 spiro atoms. The molecular weight excluding hydrogens is 975 g/mol. The Balaban J connectivity index is 3.42. The zero-order valence-electron chi connectivity index (χ0n) is 54.6. The van der Waals surface area contributed by atoms with Crippen LogP contribution in [0.5, 0.6) is 0 Å². The number of hydrogen-bond acceptors (Lipinski definition) is 3. The number of aliphatic hydroxyl groups excluding tert-OH is 2. The van der Waals surface area contributed by atoms with Crippen LogP contribution in [0.3, 0.4) is 0 Å². The van der Waals surface area contributed by atoms with Gasteiger partial charge in [0.15, 0.2) is 0 Å². The van der Waals surface area contributed by atoms with Crippen molar-refractivity contribution in [3.05, 3.63) is 48.6 Å². The van der Waals surface area contributed by atoms with Gasteiger partial charge in [-0.1, -0.05) is 396 Å². The van der Waals surface area contributed by atoms with Crippen LogP contribution in [0, 0.1) is 0 Å². The molecular formula is C76H145NO3. The van der Waals surface area contributed by atoms with Crippen molar-refractivity contribution in [2.75, 3.05) is 6.61 Å². The Bertz CT molecular complexity index is 1270. The summed E-state index contributed by atoms with van der Waals surface area (Å²) in [6.45, 7) is 4.34. The van der Waals surface area contributed by atoms with Gasteiger partial charge in [0.2, 0.25) is 5.91 Å². The number of amides is 1. The van der Waals surface area contributed by atoms with Crippen LogP contribution in [0.4, 0.5) is 0 Å². The van der Waals surface area contributed by atoms with Gasteiger partial charge in [-0.05, 0) is 57.8 Å².